The number of rotatable bonds is 3. The summed E-state index contributed by atoms with van der Waals surface area (Å²) in [6, 6.07) is 0. The van der Waals surface area contributed by atoms with Gasteiger partial charge >= 0.3 is 5.97 Å². The topological polar surface area (TPSA) is 43.4 Å². The van der Waals surface area contributed by atoms with Crippen LogP contribution in [-0.4, -0.2) is 18.9 Å². The summed E-state index contributed by atoms with van der Waals surface area (Å²) < 4.78 is 4.18. The highest BCUT2D eigenvalue weighted by atomic mass is 128. The Morgan fingerprint density at radius 2 is 1.82 bits per heavy atom. The molecule has 0 spiro atoms. The molecule has 0 aliphatic heterocycles. The molecule has 0 aromatic rings. The monoisotopic (exact) mass is 384 g/mol. The zero-order valence-corrected chi connectivity index (χ0v) is 10.7. The maximum atomic E-state index is 10.5. The molecule has 0 heterocycles. The van der Waals surface area contributed by atoms with E-state index in [-0.39, 0.29) is 6.42 Å². The van der Waals surface area contributed by atoms with Crippen molar-refractivity contribution in [1.82, 2.24) is 0 Å². The fraction of sp³-hybridized carbons (Fsp3) is 0.667. The van der Waals surface area contributed by atoms with Crippen molar-refractivity contribution in [3.8, 4) is 0 Å². The highest BCUT2D eigenvalue weighted by Crippen LogP contribution is 1.90. The van der Waals surface area contributed by atoms with E-state index in [1.54, 1.807) is 0 Å². The summed E-state index contributed by atoms with van der Waals surface area (Å²) >= 11 is 4.24. The van der Waals surface area contributed by atoms with Crippen molar-refractivity contribution in [1.29, 1.82) is 0 Å². The number of carbonyl (C=O) groups excluding carboxylic acids is 2. The molecule has 0 rings (SSSR count). The number of esters is 1. The van der Waals surface area contributed by atoms with Crippen LogP contribution in [-0.2, 0) is 14.3 Å². The molecule has 5 heteroatoms. The van der Waals surface area contributed by atoms with Gasteiger partial charge in [0.1, 0.15) is 0 Å². The van der Waals surface area contributed by atoms with Crippen LogP contribution in [0.1, 0.15) is 19.8 Å². The third kappa shape index (κ3) is 8.51. The molecule has 11 heavy (non-hydrogen) atoms. The summed E-state index contributed by atoms with van der Waals surface area (Å²) in [5.41, 5.74) is 0. The van der Waals surface area contributed by atoms with Crippen LogP contribution in [0.3, 0.4) is 0 Å². The summed E-state index contributed by atoms with van der Waals surface area (Å²) in [5, 5.41) is 0. The second kappa shape index (κ2) is 10.6. The highest BCUT2D eigenvalue weighted by Gasteiger charge is 2.10. The zero-order chi connectivity index (χ0) is 9.28. The Morgan fingerprint density at radius 1 is 1.36 bits per heavy atom. The molecule has 0 unspecified atom stereocenters. The lowest BCUT2D eigenvalue weighted by Gasteiger charge is -1.93. The Kier molecular flexibility index (Phi) is 13.6. The normalized spacial score (nSPS) is 7.64. The van der Waals surface area contributed by atoms with Gasteiger partial charge in [-0.2, -0.15) is 0 Å². The van der Waals surface area contributed by atoms with E-state index in [1.807, 2.05) is 6.92 Å². The minimum Gasteiger partial charge on any atom is -0.463 e. The van der Waals surface area contributed by atoms with Gasteiger partial charge in [0.05, 0.1) is 7.11 Å². The second-order valence-electron chi connectivity index (χ2n) is 1.66. The number of methoxy groups -OCH3 is 1. The summed E-state index contributed by atoms with van der Waals surface area (Å²) in [7, 11) is 1.20. The van der Waals surface area contributed by atoms with Crippen LogP contribution in [0.25, 0.3) is 0 Å². The predicted molar refractivity (Wildman–Crippen MR) is 60.0 cm³/mol. The number of carbonyl (C=O) groups is 2. The second-order valence-corrected chi connectivity index (χ2v) is 1.66. The molecule has 0 saturated heterocycles. The van der Waals surface area contributed by atoms with Crippen LogP contribution < -0.4 is 0 Å². The molecule has 0 bridgehead atoms. The maximum Gasteiger partial charge on any atom is 0.374 e. The molecule has 0 aromatic heterocycles. The van der Waals surface area contributed by atoms with Gasteiger partial charge in [0.15, 0.2) is 0 Å². The molecular formula is C6H10I2O3. The van der Waals surface area contributed by atoms with Gasteiger partial charge in [-0.25, -0.2) is 4.79 Å². The molecule has 0 amide bonds. The molecule has 66 valence electrons. The standard InChI is InChI=1S/C6H10O3.I2/c1-3-4-5(7)6(8)9-2;1-2/h3-4H2,1-2H3;. The first kappa shape index (κ1) is 14.1. The molecular weight excluding hydrogens is 374 g/mol. The number of hydrogen-bond donors (Lipinski definition) is 0. The lowest BCUT2D eigenvalue weighted by molar-refractivity contribution is -0.151. The van der Waals surface area contributed by atoms with E-state index in [2.05, 4.69) is 42.0 Å². The smallest absolute Gasteiger partial charge is 0.374 e. The minimum atomic E-state index is -0.739. The van der Waals surface area contributed by atoms with Crippen molar-refractivity contribution in [2.24, 2.45) is 0 Å². The molecule has 0 atom stereocenters. The molecule has 0 aliphatic rings. The highest BCUT2D eigenvalue weighted by molar-refractivity contribution is 15.0. The third-order valence-electron chi connectivity index (χ3n) is 0.890. The van der Waals surface area contributed by atoms with Gasteiger partial charge < -0.3 is 4.74 Å². The van der Waals surface area contributed by atoms with E-state index in [0.717, 1.165) is 0 Å². The fourth-order valence-electron chi connectivity index (χ4n) is 0.443. The van der Waals surface area contributed by atoms with Gasteiger partial charge in [0, 0.05) is 43.7 Å². The first-order valence-corrected chi connectivity index (χ1v) is 9.26. The van der Waals surface area contributed by atoms with Crippen molar-refractivity contribution >= 4 is 49.0 Å². The predicted octanol–water partition coefficient (Wildman–Crippen LogP) is 2.30. The Labute approximate surface area is 89.6 Å². The van der Waals surface area contributed by atoms with Crippen molar-refractivity contribution in [3.63, 3.8) is 0 Å². The molecule has 0 aliphatic carbocycles. The third-order valence-corrected chi connectivity index (χ3v) is 0.890. The van der Waals surface area contributed by atoms with E-state index >= 15 is 0 Å². The van der Waals surface area contributed by atoms with E-state index in [1.165, 1.54) is 7.11 Å². The SMILES string of the molecule is CCCC(=O)C(=O)OC.II. The molecule has 0 fully saturated rings. The first-order valence-electron chi connectivity index (χ1n) is 2.97. The first-order chi connectivity index (χ1) is 5.22. The minimum absolute atomic E-state index is 0.284. The lowest BCUT2D eigenvalue weighted by atomic mass is 10.2. The van der Waals surface area contributed by atoms with Crippen LogP contribution in [0.4, 0.5) is 0 Å². The Morgan fingerprint density at radius 3 is 2.09 bits per heavy atom. The van der Waals surface area contributed by atoms with Gasteiger partial charge in [-0.05, 0) is 6.42 Å². The summed E-state index contributed by atoms with van der Waals surface area (Å²) in [4.78, 5) is 20.8. The van der Waals surface area contributed by atoms with Gasteiger partial charge in [0.2, 0.25) is 5.78 Å². The Bertz CT molecular complexity index is 125. The van der Waals surface area contributed by atoms with Crippen LogP contribution >= 0.6 is 37.2 Å². The van der Waals surface area contributed by atoms with E-state index in [9.17, 15) is 9.59 Å². The molecule has 0 aromatic carbocycles. The molecule has 0 N–H and O–H groups in total. The van der Waals surface area contributed by atoms with Gasteiger partial charge in [-0.3, -0.25) is 4.79 Å². The number of ketones is 1. The molecule has 3 nitrogen and oxygen atoms in total. The summed E-state index contributed by atoms with van der Waals surface area (Å²) in [5.74, 6) is -1.18. The average molecular weight is 384 g/mol. The van der Waals surface area contributed by atoms with E-state index in [4.69, 9.17) is 0 Å². The van der Waals surface area contributed by atoms with Crippen molar-refractivity contribution < 1.29 is 14.3 Å². The van der Waals surface area contributed by atoms with Gasteiger partial charge in [-0.1, -0.05) is 6.92 Å². The summed E-state index contributed by atoms with van der Waals surface area (Å²) in [6.07, 6.45) is 0.973. The van der Waals surface area contributed by atoms with E-state index < -0.39 is 11.8 Å². The van der Waals surface area contributed by atoms with Crippen LogP contribution in [0.5, 0.6) is 0 Å². The number of Topliss-reactive ketones (excluding diaryl/α,β-unsaturated/α-hetero) is 1. The van der Waals surface area contributed by atoms with Crippen molar-refractivity contribution in [3.05, 3.63) is 0 Å². The van der Waals surface area contributed by atoms with Gasteiger partial charge in [-0.15, -0.1) is 0 Å². The molecule has 0 radical (unpaired) electrons. The number of hydrogen-bond acceptors (Lipinski definition) is 3. The maximum absolute atomic E-state index is 10.5. The largest absolute Gasteiger partial charge is 0.463 e. The Hall–Kier alpha value is 0.600. The summed E-state index contributed by atoms with van der Waals surface area (Å²) in [6.45, 7) is 1.83. The molecule has 0 saturated carbocycles. The van der Waals surface area contributed by atoms with Crippen LogP contribution in [0.15, 0.2) is 0 Å². The number of ether oxygens (including phenoxy) is 1. The van der Waals surface area contributed by atoms with E-state index in [0.29, 0.717) is 6.42 Å². The van der Waals surface area contributed by atoms with Crippen molar-refractivity contribution in [2.75, 3.05) is 7.11 Å². The zero-order valence-electron chi connectivity index (χ0n) is 6.39. The quantitative estimate of drug-likeness (QED) is 0.426. The lowest BCUT2D eigenvalue weighted by Crippen LogP contribution is -2.14. The average Bonchev–Trinajstić information content (AvgIpc) is 2.07. The Balaban J connectivity index is 0. The van der Waals surface area contributed by atoms with Crippen molar-refractivity contribution in [2.45, 2.75) is 19.8 Å². The van der Waals surface area contributed by atoms with Crippen LogP contribution in [0.2, 0.25) is 0 Å². The fourth-order valence-corrected chi connectivity index (χ4v) is 0.443. The van der Waals surface area contributed by atoms with Crippen LogP contribution in [0, 0.1) is 0 Å². The number of halogens is 2. The van der Waals surface area contributed by atoms with Gasteiger partial charge in [0.25, 0.3) is 0 Å².